The summed E-state index contributed by atoms with van der Waals surface area (Å²) in [4.78, 5) is 36.6. The van der Waals surface area contributed by atoms with Crippen molar-refractivity contribution in [3.63, 3.8) is 0 Å². The average molecular weight is 406 g/mol. The Morgan fingerprint density at radius 2 is 1.75 bits per heavy atom. The van der Waals surface area contributed by atoms with Crippen molar-refractivity contribution in [2.24, 2.45) is 0 Å². The SMILES string of the molecule is O=C1c2ccccc2C(=O)N1Cc1cc2cccc(Cl)c2nc1-c1cncs1. The van der Waals surface area contributed by atoms with Gasteiger partial charge in [-0.05, 0) is 29.8 Å². The molecule has 5 rings (SSSR count). The van der Waals surface area contributed by atoms with Gasteiger partial charge >= 0.3 is 0 Å². The molecule has 0 radical (unpaired) electrons. The maximum Gasteiger partial charge on any atom is 0.261 e. The Balaban J connectivity index is 1.64. The van der Waals surface area contributed by atoms with Gasteiger partial charge in [0, 0.05) is 11.6 Å². The number of rotatable bonds is 3. The van der Waals surface area contributed by atoms with Gasteiger partial charge in [-0.3, -0.25) is 19.5 Å². The summed E-state index contributed by atoms with van der Waals surface area (Å²) in [5, 5.41) is 1.41. The molecule has 7 heteroatoms. The van der Waals surface area contributed by atoms with E-state index in [1.54, 1.807) is 42.0 Å². The summed E-state index contributed by atoms with van der Waals surface area (Å²) in [5.41, 5.74) is 4.72. The van der Waals surface area contributed by atoms with E-state index in [9.17, 15) is 9.59 Å². The molecular weight excluding hydrogens is 394 g/mol. The molecule has 28 heavy (non-hydrogen) atoms. The number of hydrogen-bond acceptors (Lipinski definition) is 5. The molecular formula is C21H12ClN3O2S. The summed E-state index contributed by atoms with van der Waals surface area (Å²) in [6, 6.07) is 14.4. The number of thiazole rings is 1. The third kappa shape index (κ3) is 2.61. The lowest BCUT2D eigenvalue weighted by atomic mass is 10.1. The normalized spacial score (nSPS) is 13.4. The van der Waals surface area contributed by atoms with E-state index < -0.39 is 0 Å². The molecule has 0 fully saturated rings. The first kappa shape index (κ1) is 17.0. The predicted molar refractivity (Wildman–Crippen MR) is 109 cm³/mol. The van der Waals surface area contributed by atoms with Gasteiger partial charge in [0.2, 0.25) is 0 Å². The third-order valence-corrected chi connectivity index (χ3v) is 5.83. The summed E-state index contributed by atoms with van der Waals surface area (Å²) in [6.45, 7) is 0.134. The van der Waals surface area contributed by atoms with Crippen LogP contribution >= 0.6 is 22.9 Å². The maximum atomic E-state index is 12.8. The molecule has 4 aromatic rings. The Hall–Kier alpha value is -3.09. The van der Waals surface area contributed by atoms with Crippen molar-refractivity contribution in [2.75, 3.05) is 0 Å². The van der Waals surface area contributed by atoms with E-state index in [0.717, 1.165) is 15.8 Å². The number of amides is 2. The van der Waals surface area contributed by atoms with Crippen LogP contribution in [0, 0.1) is 0 Å². The van der Waals surface area contributed by atoms with Crippen LogP contribution in [-0.4, -0.2) is 26.7 Å². The Morgan fingerprint density at radius 1 is 1.00 bits per heavy atom. The Labute approximate surface area is 169 Å². The fraction of sp³-hybridized carbons (Fsp3) is 0.0476. The Kier molecular flexibility index (Phi) is 3.96. The number of imide groups is 1. The molecule has 1 aliphatic heterocycles. The molecule has 0 saturated carbocycles. The maximum absolute atomic E-state index is 12.8. The van der Waals surface area contributed by atoms with Crippen LogP contribution < -0.4 is 0 Å². The number of halogens is 1. The molecule has 5 nitrogen and oxygen atoms in total. The highest BCUT2D eigenvalue weighted by atomic mass is 35.5. The van der Waals surface area contributed by atoms with Crippen LogP contribution in [0.15, 0.2) is 60.2 Å². The van der Waals surface area contributed by atoms with Crippen molar-refractivity contribution in [3.8, 4) is 10.6 Å². The Bertz CT molecular complexity index is 1220. The Morgan fingerprint density at radius 3 is 2.43 bits per heavy atom. The van der Waals surface area contributed by atoms with Crippen molar-refractivity contribution in [1.29, 1.82) is 0 Å². The van der Waals surface area contributed by atoms with Crippen LogP contribution in [0.4, 0.5) is 0 Å². The quantitative estimate of drug-likeness (QED) is 0.459. The van der Waals surface area contributed by atoms with Crippen molar-refractivity contribution in [1.82, 2.24) is 14.9 Å². The molecule has 0 unspecified atom stereocenters. The monoisotopic (exact) mass is 405 g/mol. The number of fused-ring (bicyclic) bond motifs is 2. The van der Waals surface area contributed by atoms with Crippen LogP contribution in [-0.2, 0) is 6.54 Å². The van der Waals surface area contributed by atoms with Crippen molar-refractivity contribution in [2.45, 2.75) is 6.54 Å². The predicted octanol–water partition coefficient (Wildman–Crippen LogP) is 4.81. The van der Waals surface area contributed by atoms with E-state index in [4.69, 9.17) is 16.6 Å². The first-order valence-electron chi connectivity index (χ1n) is 8.56. The lowest BCUT2D eigenvalue weighted by Crippen LogP contribution is -2.29. The number of carbonyl (C=O) groups is 2. The van der Waals surface area contributed by atoms with Gasteiger partial charge in [0.25, 0.3) is 11.8 Å². The van der Waals surface area contributed by atoms with Crippen molar-refractivity contribution >= 4 is 45.7 Å². The number of carbonyl (C=O) groups excluding carboxylic acids is 2. The molecule has 0 atom stereocenters. The molecule has 1 aliphatic rings. The van der Waals surface area contributed by atoms with Crippen LogP contribution in [0.3, 0.4) is 0 Å². The molecule has 0 saturated heterocycles. The first-order valence-corrected chi connectivity index (χ1v) is 9.81. The van der Waals surface area contributed by atoms with Gasteiger partial charge in [-0.25, -0.2) is 4.98 Å². The van der Waals surface area contributed by atoms with E-state index in [0.29, 0.717) is 27.4 Å². The topological polar surface area (TPSA) is 63.2 Å². The van der Waals surface area contributed by atoms with Crippen LogP contribution in [0.5, 0.6) is 0 Å². The second-order valence-corrected chi connectivity index (χ2v) is 7.71. The molecule has 2 aromatic carbocycles. The van der Waals surface area contributed by atoms with Crippen molar-refractivity contribution in [3.05, 3.63) is 82.0 Å². The minimum Gasteiger partial charge on any atom is -0.270 e. The molecule has 136 valence electrons. The van der Waals surface area contributed by atoms with Gasteiger partial charge in [-0.15, -0.1) is 11.3 Å². The van der Waals surface area contributed by atoms with Gasteiger partial charge in [0.15, 0.2) is 0 Å². The molecule has 0 N–H and O–H groups in total. The van der Waals surface area contributed by atoms with Gasteiger partial charge in [0.1, 0.15) is 0 Å². The van der Waals surface area contributed by atoms with E-state index in [1.807, 2.05) is 18.2 Å². The number of pyridine rings is 1. The minimum atomic E-state index is -0.290. The number of hydrogen-bond donors (Lipinski definition) is 0. The second kappa shape index (κ2) is 6.51. The number of nitrogens with zero attached hydrogens (tertiary/aromatic N) is 3. The lowest BCUT2D eigenvalue weighted by Gasteiger charge is -2.17. The molecule has 2 aromatic heterocycles. The first-order chi connectivity index (χ1) is 13.6. The minimum absolute atomic E-state index is 0.134. The summed E-state index contributed by atoms with van der Waals surface area (Å²) < 4.78 is 0. The molecule has 0 bridgehead atoms. The largest absolute Gasteiger partial charge is 0.270 e. The summed E-state index contributed by atoms with van der Waals surface area (Å²) in [5.74, 6) is -0.580. The zero-order valence-corrected chi connectivity index (χ0v) is 16.0. The van der Waals surface area contributed by atoms with Gasteiger partial charge in [0.05, 0.1) is 44.3 Å². The van der Waals surface area contributed by atoms with Gasteiger partial charge in [-0.2, -0.15) is 0 Å². The summed E-state index contributed by atoms with van der Waals surface area (Å²) in [6.07, 6.45) is 1.72. The smallest absolute Gasteiger partial charge is 0.261 e. The molecule has 3 heterocycles. The number of benzene rings is 2. The van der Waals surface area contributed by atoms with Gasteiger partial charge < -0.3 is 0 Å². The highest BCUT2D eigenvalue weighted by molar-refractivity contribution is 7.13. The third-order valence-electron chi connectivity index (χ3n) is 4.75. The summed E-state index contributed by atoms with van der Waals surface area (Å²) >= 11 is 7.77. The van der Waals surface area contributed by atoms with E-state index in [1.165, 1.54) is 16.2 Å². The number of aromatic nitrogens is 2. The number of para-hydroxylation sites is 1. The van der Waals surface area contributed by atoms with Crippen LogP contribution in [0.25, 0.3) is 21.5 Å². The zero-order valence-electron chi connectivity index (χ0n) is 14.4. The van der Waals surface area contributed by atoms with E-state index in [-0.39, 0.29) is 18.4 Å². The van der Waals surface area contributed by atoms with Gasteiger partial charge in [-0.1, -0.05) is 35.9 Å². The molecule has 0 aliphatic carbocycles. The highest BCUT2D eigenvalue weighted by Gasteiger charge is 2.35. The van der Waals surface area contributed by atoms with E-state index in [2.05, 4.69) is 4.98 Å². The van der Waals surface area contributed by atoms with Crippen LogP contribution in [0.2, 0.25) is 5.02 Å². The van der Waals surface area contributed by atoms with E-state index >= 15 is 0 Å². The highest BCUT2D eigenvalue weighted by Crippen LogP contribution is 2.33. The zero-order chi connectivity index (χ0) is 19.3. The second-order valence-electron chi connectivity index (χ2n) is 6.42. The molecule has 2 amide bonds. The standard InChI is InChI=1S/C21H12ClN3O2S/c22-16-7-3-4-12-8-13(19(24-18(12)16)17-9-23-11-28-17)10-25-20(26)14-5-1-2-6-15(14)21(25)27/h1-9,11H,10H2. The summed E-state index contributed by atoms with van der Waals surface area (Å²) in [7, 11) is 0. The lowest BCUT2D eigenvalue weighted by molar-refractivity contribution is 0.0642. The average Bonchev–Trinajstić information content (AvgIpc) is 3.32. The van der Waals surface area contributed by atoms with Crippen molar-refractivity contribution < 1.29 is 9.59 Å². The molecule has 0 spiro atoms. The fourth-order valence-corrected chi connectivity index (χ4v) is 4.30. The fourth-order valence-electron chi connectivity index (χ4n) is 3.43. The van der Waals surface area contributed by atoms with Crippen LogP contribution in [0.1, 0.15) is 26.3 Å².